The van der Waals surface area contributed by atoms with Crippen LogP contribution in [0.15, 0.2) is 24.3 Å². The van der Waals surface area contributed by atoms with Crippen LogP contribution in [-0.4, -0.2) is 53.5 Å². The number of aliphatic hydroxyl groups is 1. The minimum Gasteiger partial charge on any atom is -0.508 e. The molecule has 1 rings (SSSR count). The molecule has 0 aliphatic rings. The molecule has 2 atom stereocenters. The van der Waals surface area contributed by atoms with E-state index in [1.807, 2.05) is 0 Å². The van der Waals surface area contributed by atoms with E-state index in [0.717, 1.165) is 0 Å². The molecule has 0 aliphatic carbocycles. The molecule has 0 radical (unpaired) electrons. The molecule has 0 spiro atoms. The van der Waals surface area contributed by atoms with Crippen molar-refractivity contribution in [2.45, 2.75) is 18.5 Å². The van der Waals surface area contributed by atoms with Gasteiger partial charge in [0.15, 0.2) is 0 Å². The normalized spacial score (nSPS) is 13.0. The summed E-state index contributed by atoms with van der Waals surface area (Å²) in [5, 5.41) is 22.9. The van der Waals surface area contributed by atoms with E-state index in [2.05, 4.69) is 10.6 Å². The highest BCUT2D eigenvalue weighted by Crippen LogP contribution is 2.11. The van der Waals surface area contributed by atoms with Gasteiger partial charge in [-0.25, -0.2) is 0 Å². The maximum absolute atomic E-state index is 12.0. The molecular formula is C14H19N3O5. The van der Waals surface area contributed by atoms with Crippen LogP contribution in [-0.2, 0) is 20.8 Å². The number of nitrogens with two attached hydrogens (primary N) is 1. The maximum atomic E-state index is 12.0. The Balaban J connectivity index is 2.80. The van der Waals surface area contributed by atoms with E-state index >= 15 is 0 Å². The lowest BCUT2D eigenvalue weighted by atomic mass is 10.0. The van der Waals surface area contributed by atoms with Gasteiger partial charge >= 0.3 is 0 Å². The lowest BCUT2D eigenvalue weighted by Crippen LogP contribution is -2.53. The van der Waals surface area contributed by atoms with Crippen molar-refractivity contribution in [1.29, 1.82) is 0 Å². The van der Waals surface area contributed by atoms with E-state index in [0.29, 0.717) is 11.8 Å². The third-order valence-electron chi connectivity index (χ3n) is 2.90. The molecule has 0 heterocycles. The van der Waals surface area contributed by atoms with Gasteiger partial charge in [-0.3, -0.25) is 9.59 Å². The van der Waals surface area contributed by atoms with Crippen LogP contribution >= 0.6 is 0 Å². The van der Waals surface area contributed by atoms with Gasteiger partial charge in [0.05, 0.1) is 13.2 Å². The average molecular weight is 309 g/mol. The first kappa shape index (κ1) is 17.6. The summed E-state index contributed by atoms with van der Waals surface area (Å²) in [6, 6.07) is 4.03. The second-order valence-corrected chi connectivity index (χ2v) is 4.63. The molecule has 8 heteroatoms. The van der Waals surface area contributed by atoms with Crippen molar-refractivity contribution in [1.82, 2.24) is 10.6 Å². The zero-order chi connectivity index (χ0) is 16.5. The van der Waals surface area contributed by atoms with Crippen LogP contribution in [0.2, 0.25) is 0 Å². The molecule has 0 fully saturated rings. The number of carbonyl (C=O) groups is 3. The summed E-state index contributed by atoms with van der Waals surface area (Å²) in [5.41, 5.74) is 6.09. The van der Waals surface area contributed by atoms with Gasteiger partial charge in [0.25, 0.3) is 0 Å². The topological polar surface area (TPSA) is 142 Å². The molecule has 0 aliphatic heterocycles. The number of hydrogen-bond donors (Lipinski definition) is 5. The Morgan fingerprint density at radius 1 is 1.23 bits per heavy atom. The standard InChI is InChI=1S/C14H19N3O5/c15-11(8-19)13(21)17-12(14(22)16-5-6-18)7-9-1-3-10(20)4-2-9/h1-4,6,11-12,19-20H,5,7-8,15H2,(H,16,22)(H,17,21)/t11-,12-/m0/s1. The van der Waals surface area contributed by atoms with Crippen LogP contribution in [0.1, 0.15) is 5.56 Å². The molecule has 0 aromatic heterocycles. The summed E-state index contributed by atoms with van der Waals surface area (Å²) in [6.07, 6.45) is 0.672. The number of rotatable bonds is 8. The molecule has 1 aromatic carbocycles. The Kier molecular flexibility index (Phi) is 7.00. The maximum Gasteiger partial charge on any atom is 0.243 e. The highest BCUT2D eigenvalue weighted by Gasteiger charge is 2.23. The third-order valence-corrected chi connectivity index (χ3v) is 2.90. The molecule has 0 unspecified atom stereocenters. The molecule has 120 valence electrons. The Morgan fingerprint density at radius 3 is 2.41 bits per heavy atom. The first-order valence-corrected chi connectivity index (χ1v) is 6.64. The van der Waals surface area contributed by atoms with E-state index in [1.54, 1.807) is 12.1 Å². The average Bonchev–Trinajstić information content (AvgIpc) is 2.52. The number of phenolic OH excluding ortho intramolecular Hbond substituents is 1. The number of aromatic hydroxyl groups is 1. The van der Waals surface area contributed by atoms with Gasteiger partial charge in [-0.05, 0) is 17.7 Å². The number of aldehydes is 1. The van der Waals surface area contributed by atoms with Crippen LogP contribution in [0.5, 0.6) is 5.75 Å². The number of hydrogen-bond acceptors (Lipinski definition) is 6. The Labute approximate surface area is 127 Å². The first-order chi connectivity index (χ1) is 10.5. The van der Waals surface area contributed by atoms with Crippen molar-refractivity contribution >= 4 is 18.1 Å². The number of nitrogens with one attached hydrogen (secondary N) is 2. The number of aliphatic hydroxyl groups excluding tert-OH is 1. The summed E-state index contributed by atoms with van der Waals surface area (Å²) in [5.74, 6) is -1.14. The van der Waals surface area contributed by atoms with E-state index in [1.165, 1.54) is 12.1 Å². The highest BCUT2D eigenvalue weighted by molar-refractivity contribution is 5.90. The van der Waals surface area contributed by atoms with Crippen molar-refractivity contribution in [3.05, 3.63) is 29.8 Å². The van der Waals surface area contributed by atoms with E-state index in [9.17, 15) is 19.5 Å². The molecule has 0 saturated carbocycles. The fraction of sp³-hybridized carbons (Fsp3) is 0.357. The minimum absolute atomic E-state index is 0.0806. The number of benzene rings is 1. The summed E-state index contributed by atoms with van der Waals surface area (Å²) in [4.78, 5) is 34.0. The first-order valence-electron chi connectivity index (χ1n) is 6.64. The van der Waals surface area contributed by atoms with Crippen LogP contribution < -0.4 is 16.4 Å². The van der Waals surface area contributed by atoms with Crippen molar-refractivity contribution < 1.29 is 24.6 Å². The van der Waals surface area contributed by atoms with Crippen LogP contribution in [0.3, 0.4) is 0 Å². The fourth-order valence-electron chi connectivity index (χ4n) is 1.70. The quantitative estimate of drug-likeness (QED) is 0.353. The third kappa shape index (κ3) is 5.51. The SMILES string of the molecule is N[C@@H](CO)C(=O)N[C@@H](Cc1ccc(O)cc1)C(=O)NCC=O. The number of phenols is 1. The molecular weight excluding hydrogens is 290 g/mol. The lowest BCUT2D eigenvalue weighted by Gasteiger charge is -2.19. The van der Waals surface area contributed by atoms with Crippen molar-refractivity contribution in [3.8, 4) is 5.75 Å². The Bertz CT molecular complexity index is 518. The smallest absolute Gasteiger partial charge is 0.243 e. The highest BCUT2D eigenvalue weighted by atomic mass is 16.3. The molecule has 6 N–H and O–H groups in total. The van der Waals surface area contributed by atoms with Crippen LogP contribution in [0.4, 0.5) is 0 Å². The number of carbonyl (C=O) groups excluding carboxylic acids is 3. The molecule has 0 saturated heterocycles. The van der Waals surface area contributed by atoms with Crippen molar-refractivity contribution in [3.63, 3.8) is 0 Å². The van der Waals surface area contributed by atoms with Gasteiger partial charge in [-0.2, -0.15) is 0 Å². The largest absolute Gasteiger partial charge is 0.508 e. The van der Waals surface area contributed by atoms with Gasteiger partial charge in [0.1, 0.15) is 24.1 Å². The molecule has 1 aromatic rings. The molecule has 22 heavy (non-hydrogen) atoms. The Morgan fingerprint density at radius 2 is 1.86 bits per heavy atom. The van der Waals surface area contributed by atoms with Gasteiger partial charge in [-0.1, -0.05) is 12.1 Å². The van der Waals surface area contributed by atoms with E-state index in [-0.39, 0.29) is 18.7 Å². The summed E-state index contributed by atoms with van der Waals surface area (Å²) < 4.78 is 0. The zero-order valence-corrected chi connectivity index (χ0v) is 11.9. The second kappa shape index (κ2) is 8.75. The van der Waals surface area contributed by atoms with Crippen molar-refractivity contribution in [2.75, 3.05) is 13.2 Å². The molecule has 2 amide bonds. The predicted molar refractivity (Wildman–Crippen MR) is 77.9 cm³/mol. The van der Waals surface area contributed by atoms with Gasteiger partial charge < -0.3 is 31.4 Å². The summed E-state index contributed by atoms with van der Waals surface area (Å²) in [6.45, 7) is -0.722. The van der Waals surface area contributed by atoms with E-state index in [4.69, 9.17) is 10.8 Å². The predicted octanol–water partition coefficient (Wildman–Crippen LogP) is -1.95. The molecule has 0 bridgehead atoms. The minimum atomic E-state index is -1.14. The lowest BCUT2D eigenvalue weighted by molar-refractivity contribution is -0.130. The molecule has 8 nitrogen and oxygen atoms in total. The second-order valence-electron chi connectivity index (χ2n) is 4.63. The van der Waals surface area contributed by atoms with E-state index < -0.39 is 30.5 Å². The van der Waals surface area contributed by atoms with Crippen LogP contribution in [0.25, 0.3) is 0 Å². The van der Waals surface area contributed by atoms with Gasteiger partial charge in [-0.15, -0.1) is 0 Å². The van der Waals surface area contributed by atoms with Gasteiger partial charge in [0.2, 0.25) is 11.8 Å². The monoisotopic (exact) mass is 309 g/mol. The zero-order valence-electron chi connectivity index (χ0n) is 11.9. The van der Waals surface area contributed by atoms with Gasteiger partial charge in [0, 0.05) is 6.42 Å². The fourth-order valence-corrected chi connectivity index (χ4v) is 1.70. The summed E-state index contributed by atoms with van der Waals surface area (Å²) >= 11 is 0. The summed E-state index contributed by atoms with van der Waals surface area (Å²) in [7, 11) is 0. The van der Waals surface area contributed by atoms with Crippen molar-refractivity contribution in [2.24, 2.45) is 5.73 Å². The van der Waals surface area contributed by atoms with Crippen LogP contribution in [0, 0.1) is 0 Å². The Hall–Kier alpha value is -2.45. The number of amides is 2.